The molecule has 0 aromatic carbocycles. The van der Waals surface area contributed by atoms with E-state index < -0.39 is 0 Å². The van der Waals surface area contributed by atoms with E-state index in [9.17, 15) is 0 Å². The Morgan fingerprint density at radius 1 is 1.57 bits per heavy atom. The second-order valence-electron chi connectivity index (χ2n) is 4.59. The Bertz CT molecular complexity index is 341. The fourth-order valence-electron chi connectivity index (χ4n) is 1.05. The predicted octanol–water partition coefficient (Wildman–Crippen LogP) is 2.89. The summed E-state index contributed by atoms with van der Waals surface area (Å²) in [7, 11) is 0. The first-order chi connectivity index (χ1) is 6.45. The van der Waals surface area contributed by atoms with E-state index in [1.807, 2.05) is 6.07 Å². The molecular weight excluding hydrogens is 176 g/mol. The van der Waals surface area contributed by atoms with E-state index >= 15 is 0 Å². The van der Waals surface area contributed by atoms with Gasteiger partial charge in [0.05, 0.1) is 18.7 Å². The van der Waals surface area contributed by atoms with E-state index in [1.54, 1.807) is 6.20 Å². The third-order valence-electron chi connectivity index (χ3n) is 2.49. The van der Waals surface area contributed by atoms with Crippen LogP contribution in [-0.2, 0) is 6.42 Å². The van der Waals surface area contributed by atoms with Gasteiger partial charge in [0.25, 0.3) is 0 Å². The minimum absolute atomic E-state index is 0.134. The van der Waals surface area contributed by atoms with Crippen LogP contribution in [0, 0.1) is 16.7 Å². The van der Waals surface area contributed by atoms with Crippen molar-refractivity contribution in [2.24, 2.45) is 5.41 Å². The lowest BCUT2D eigenvalue weighted by molar-refractivity contribution is 0.284. The number of aromatic nitrogens is 1. The molecule has 0 radical (unpaired) electrons. The van der Waals surface area contributed by atoms with E-state index in [4.69, 9.17) is 9.68 Å². The van der Waals surface area contributed by atoms with Crippen LogP contribution in [-0.4, -0.2) is 4.98 Å². The van der Waals surface area contributed by atoms with Gasteiger partial charge in [0, 0.05) is 5.92 Å². The fourth-order valence-corrected chi connectivity index (χ4v) is 1.05. The molecule has 0 spiro atoms. The molecule has 1 rings (SSSR count). The monoisotopic (exact) mass is 192 g/mol. The van der Waals surface area contributed by atoms with Crippen molar-refractivity contribution in [2.75, 3.05) is 0 Å². The summed E-state index contributed by atoms with van der Waals surface area (Å²) >= 11 is 0. The first-order valence-electron chi connectivity index (χ1n) is 4.76. The van der Waals surface area contributed by atoms with Crippen molar-refractivity contribution in [1.82, 2.24) is 4.98 Å². The van der Waals surface area contributed by atoms with Crippen LogP contribution in [0.5, 0.6) is 0 Å². The third kappa shape index (κ3) is 2.35. The fraction of sp³-hybridized carbons (Fsp3) is 0.636. The van der Waals surface area contributed by atoms with E-state index in [0.29, 0.717) is 12.2 Å². The number of rotatable bonds is 2. The summed E-state index contributed by atoms with van der Waals surface area (Å²) in [5.74, 6) is 1.64. The molecule has 0 fully saturated rings. The van der Waals surface area contributed by atoms with Crippen LogP contribution in [0.1, 0.15) is 45.3 Å². The van der Waals surface area contributed by atoms with Crippen molar-refractivity contribution in [3.05, 3.63) is 17.8 Å². The summed E-state index contributed by atoms with van der Waals surface area (Å²) < 4.78 is 5.48. The SMILES string of the molecule is CC(c1ncc(CC#N)o1)C(C)(C)C. The van der Waals surface area contributed by atoms with E-state index in [-0.39, 0.29) is 11.3 Å². The van der Waals surface area contributed by atoms with Crippen molar-refractivity contribution in [3.63, 3.8) is 0 Å². The van der Waals surface area contributed by atoms with Crippen molar-refractivity contribution >= 4 is 0 Å². The molecule has 76 valence electrons. The molecule has 0 N–H and O–H groups in total. The quantitative estimate of drug-likeness (QED) is 0.723. The zero-order valence-corrected chi connectivity index (χ0v) is 9.16. The van der Waals surface area contributed by atoms with Gasteiger partial charge in [-0.25, -0.2) is 4.98 Å². The highest BCUT2D eigenvalue weighted by atomic mass is 16.4. The highest BCUT2D eigenvalue weighted by molar-refractivity contribution is 5.04. The second-order valence-corrected chi connectivity index (χ2v) is 4.59. The number of nitriles is 1. The smallest absolute Gasteiger partial charge is 0.197 e. The van der Waals surface area contributed by atoms with Crippen LogP contribution in [0.4, 0.5) is 0 Å². The summed E-state index contributed by atoms with van der Waals surface area (Å²) in [5, 5.41) is 8.49. The highest BCUT2D eigenvalue weighted by Crippen LogP contribution is 2.33. The minimum Gasteiger partial charge on any atom is -0.444 e. The molecule has 0 amide bonds. The Labute approximate surface area is 84.8 Å². The molecule has 3 nitrogen and oxygen atoms in total. The molecule has 1 aromatic heterocycles. The van der Waals surface area contributed by atoms with Crippen molar-refractivity contribution in [1.29, 1.82) is 5.26 Å². The predicted molar refractivity (Wildman–Crippen MR) is 53.7 cm³/mol. The molecule has 3 heteroatoms. The number of hydrogen-bond acceptors (Lipinski definition) is 3. The molecule has 1 heterocycles. The molecule has 1 atom stereocenters. The van der Waals surface area contributed by atoms with E-state index in [2.05, 4.69) is 32.7 Å². The van der Waals surface area contributed by atoms with Crippen LogP contribution in [0.3, 0.4) is 0 Å². The normalized spacial score (nSPS) is 13.6. The summed E-state index contributed by atoms with van der Waals surface area (Å²) in [6.07, 6.45) is 1.94. The van der Waals surface area contributed by atoms with Gasteiger partial charge < -0.3 is 4.42 Å². The zero-order valence-electron chi connectivity index (χ0n) is 9.16. The molecule has 1 unspecified atom stereocenters. The summed E-state index contributed by atoms with van der Waals surface area (Å²) in [5.41, 5.74) is 0.134. The largest absolute Gasteiger partial charge is 0.444 e. The molecule has 0 saturated carbocycles. The Morgan fingerprint density at radius 2 is 2.21 bits per heavy atom. The Morgan fingerprint density at radius 3 is 2.71 bits per heavy atom. The van der Waals surface area contributed by atoms with E-state index in [1.165, 1.54) is 0 Å². The number of oxazole rings is 1. The highest BCUT2D eigenvalue weighted by Gasteiger charge is 2.25. The van der Waals surface area contributed by atoms with Crippen LogP contribution in [0.15, 0.2) is 10.6 Å². The topological polar surface area (TPSA) is 49.8 Å². The average Bonchev–Trinajstić information content (AvgIpc) is 2.50. The summed E-state index contributed by atoms with van der Waals surface area (Å²) in [6, 6.07) is 2.04. The second kappa shape index (κ2) is 3.83. The Kier molecular flexibility index (Phi) is 2.95. The molecule has 0 aliphatic heterocycles. The van der Waals surface area contributed by atoms with Gasteiger partial charge in [0.2, 0.25) is 0 Å². The first kappa shape index (κ1) is 10.8. The number of nitrogens with zero attached hydrogens (tertiary/aromatic N) is 2. The van der Waals surface area contributed by atoms with Gasteiger partial charge in [-0.2, -0.15) is 5.26 Å². The van der Waals surface area contributed by atoms with Crippen molar-refractivity contribution in [3.8, 4) is 6.07 Å². The van der Waals surface area contributed by atoms with Crippen LogP contribution < -0.4 is 0 Å². The van der Waals surface area contributed by atoms with Gasteiger partial charge in [-0.1, -0.05) is 27.7 Å². The summed E-state index contributed by atoms with van der Waals surface area (Å²) in [6.45, 7) is 8.52. The Balaban J connectivity index is 2.82. The number of hydrogen-bond donors (Lipinski definition) is 0. The molecule has 0 aliphatic carbocycles. The van der Waals surface area contributed by atoms with Gasteiger partial charge in [0.15, 0.2) is 5.89 Å². The van der Waals surface area contributed by atoms with Gasteiger partial charge in [-0.3, -0.25) is 0 Å². The van der Waals surface area contributed by atoms with Crippen LogP contribution in [0.25, 0.3) is 0 Å². The molecule has 0 aliphatic rings. The molecule has 0 saturated heterocycles. The Hall–Kier alpha value is -1.30. The van der Waals surface area contributed by atoms with Crippen molar-refractivity contribution < 1.29 is 4.42 Å². The maximum Gasteiger partial charge on any atom is 0.197 e. The molecule has 0 bridgehead atoms. The maximum absolute atomic E-state index is 8.49. The molecular formula is C11H16N2O. The average molecular weight is 192 g/mol. The summed E-state index contributed by atoms with van der Waals surface area (Å²) in [4.78, 5) is 4.18. The standard InChI is InChI=1S/C11H16N2O/c1-8(11(2,3)4)10-13-7-9(14-10)5-6-12/h7-8H,5H2,1-4H3. The third-order valence-corrected chi connectivity index (χ3v) is 2.49. The van der Waals surface area contributed by atoms with Gasteiger partial charge in [0.1, 0.15) is 5.76 Å². The maximum atomic E-state index is 8.49. The lowest BCUT2D eigenvalue weighted by Crippen LogP contribution is -2.15. The van der Waals surface area contributed by atoms with E-state index in [0.717, 1.165) is 5.89 Å². The molecule has 14 heavy (non-hydrogen) atoms. The first-order valence-corrected chi connectivity index (χ1v) is 4.76. The van der Waals surface area contributed by atoms with Gasteiger partial charge in [-0.15, -0.1) is 0 Å². The minimum atomic E-state index is 0.134. The lowest BCUT2D eigenvalue weighted by Gasteiger charge is -2.24. The van der Waals surface area contributed by atoms with Crippen molar-refractivity contribution in [2.45, 2.75) is 40.0 Å². The zero-order chi connectivity index (χ0) is 10.8. The molecule has 1 aromatic rings. The van der Waals surface area contributed by atoms with Gasteiger partial charge >= 0.3 is 0 Å². The van der Waals surface area contributed by atoms with Crippen LogP contribution in [0.2, 0.25) is 0 Å². The van der Waals surface area contributed by atoms with Gasteiger partial charge in [-0.05, 0) is 5.41 Å². The lowest BCUT2D eigenvalue weighted by atomic mass is 9.82. The van der Waals surface area contributed by atoms with Crippen LogP contribution >= 0.6 is 0 Å².